The highest BCUT2D eigenvalue weighted by Crippen LogP contribution is 2.04. The molecule has 0 spiro atoms. The molecule has 1 N–H and O–H groups in total. The van der Waals surface area contributed by atoms with Crippen molar-refractivity contribution in [2.24, 2.45) is 0 Å². The first-order chi connectivity index (χ1) is 3.72. The molecule has 44 valence electrons. The minimum atomic E-state index is 0.0237. The van der Waals surface area contributed by atoms with E-state index < -0.39 is 0 Å². The van der Waals surface area contributed by atoms with Crippen LogP contribution in [0.15, 0.2) is 0 Å². The van der Waals surface area contributed by atoms with Crippen LogP contribution >= 0.6 is 35.1 Å². The van der Waals surface area contributed by atoms with Gasteiger partial charge in [-0.15, -0.1) is 0 Å². The van der Waals surface area contributed by atoms with E-state index >= 15 is 0 Å². The highest BCUT2D eigenvalue weighted by Gasteiger charge is 2.21. The second-order valence-electron chi connectivity index (χ2n) is 1.33. The number of amides is 1. The molecule has 5 heteroatoms. The maximum absolute atomic E-state index is 10.6. The molecule has 1 aliphatic rings. The maximum Gasteiger partial charge on any atom is 0.257 e. The van der Waals surface area contributed by atoms with Gasteiger partial charge in [-0.3, -0.25) is 4.79 Å². The third-order valence-corrected chi connectivity index (χ3v) is 2.46. The normalized spacial score (nSPS) is 19.4. The van der Waals surface area contributed by atoms with E-state index in [2.05, 4.69) is 5.32 Å². The first-order valence-corrected chi connectivity index (χ1v) is 3.35. The third-order valence-electron chi connectivity index (χ3n) is 0.788. The molecule has 0 radical (unpaired) electrons. The minimum absolute atomic E-state index is 0.0237. The lowest BCUT2D eigenvalue weighted by Crippen LogP contribution is -2.19. The van der Waals surface area contributed by atoms with Gasteiger partial charge < -0.3 is 5.32 Å². The summed E-state index contributed by atoms with van der Waals surface area (Å²) in [6.07, 6.45) is 0. The molecule has 1 aliphatic heterocycles. The van der Waals surface area contributed by atoms with Crippen LogP contribution in [0, 0.1) is 0 Å². The van der Waals surface area contributed by atoms with E-state index in [9.17, 15) is 4.79 Å². The second kappa shape index (κ2) is 2.14. The van der Waals surface area contributed by atoms with Crippen LogP contribution in [0.1, 0.15) is 0 Å². The maximum atomic E-state index is 10.6. The molecule has 0 aromatic carbocycles. The largest absolute Gasteiger partial charge is 0.353 e. The van der Waals surface area contributed by atoms with E-state index in [0.29, 0.717) is 11.7 Å². The average molecular weight is 242 g/mol. The molecule has 0 aromatic heterocycles. The molecule has 0 saturated carbocycles. The smallest absolute Gasteiger partial charge is 0.257 e. The fourth-order valence-corrected chi connectivity index (χ4v) is 0.918. The van der Waals surface area contributed by atoms with Gasteiger partial charge in [0.15, 0.2) is 5.11 Å². The van der Waals surface area contributed by atoms with Gasteiger partial charge in [0, 0.05) is 0 Å². The van der Waals surface area contributed by atoms with Crippen LogP contribution in [0.2, 0.25) is 0 Å². The highest BCUT2D eigenvalue weighted by atomic mass is 127. The van der Waals surface area contributed by atoms with Gasteiger partial charge in [0.1, 0.15) is 0 Å². The number of rotatable bonds is 0. The predicted molar refractivity (Wildman–Crippen MR) is 41.5 cm³/mol. The summed E-state index contributed by atoms with van der Waals surface area (Å²) in [4.78, 5) is 10.6. The Morgan fingerprint density at radius 1 is 1.88 bits per heavy atom. The fraction of sp³-hybridized carbons (Fsp3) is 0.333. The Morgan fingerprint density at radius 3 is 2.62 bits per heavy atom. The van der Waals surface area contributed by atoms with Crippen LogP contribution in [0.3, 0.4) is 0 Å². The van der Waals surface area contributed by atoms with Crippen molar-refractivity contribution < 1.29 is 4.79 Å². The number of halogens is 1. The topological polar surface area (TPSA) is 32.3 Å². The number of thiocarbonyl (C=S) groups is 1. The molecule has 0 bridgehead atoms. The van der Waals surface area contributed by atoms with Gasteiger partial charge in [-0.05, 0) is 12.2 Å². The molecule has 0 aromatic rings. The SMILES string of the molecule is O=C1CNC(=S)N1I. The lowest BCUT2D eigenvalue weighted by molar-refractivity contribution is -0.120. The van der Waals surface area contributed by atoms with Crippen molar-refractivity contribution in [2.75, 3.05) is 6.54 Å². The number of hydrogen-bond donors (Lipinski definition) is 1. The summed E-state index contributed by atoms with van der Waals surface area (Å²) in [5.41, 5.74) is 0. The molecule has 1 amide bonds. The van der Waals surface area contributed by atoms with Gasteiger partial charge >= 0.3 is 0 Å². The summed E-state index contributed by atoms with van der Waals surface area (Å²) >= 11 is 6.57. The van der Waals surface area contributed by atoms with E-state index in [-0.39, 0.29) is 5.91 Å². The summed E-state index contributed by atoms with van der Waals surface area (Å²) in [5, 5.41) is 3.23. The molecule has 1 saturated heterocycles. The monoisotopic (exact) mass is 242 g/mol. The molecule has 0 atom stereocenters. The van der Waals surface area contributed by atoms with Crippen LogP contribution in [0.4, 0.5) is 0 Å². The Kier molecular flexibility index (Phi) is 1.66. The van der Waals surface area contributed by atoms with Crippen LogP contribution < -0.4 is 5.32 Å². The zero-order chi connectivity index (χ0) is 6.15. The van der Waals surface area contributed by atoms with Gasteiger partial charge in [0.05, 0.1) is 29.4 Å². The standard InChI is InChI=1S/C3H3IN2OS/c4-6-2(7)1-5-3(6)8/h1H2,(H,5,8). The minimum Gasteiger partial charge on any atom is -0.353 e. The molecule has 0 aliphatic carbocycles. The molecule has 1 fully saturated rings. The number of carbonyl (C=O) groups excluding carboxylic acids is 1. The zero-order valence-electron chi connectivity index (χ0n) is 3.85. The summed E-state index contributed by atoms with van der Waals surface area (Å²) in [5.74, 6) is 0.0237. The fourth-order valence-electron chi connectivity index (χ4n) is 0.403. The van der Waals surface area contributed by atoms with Crippen molar-refractivity contribution in [1.82, 2.24) is 8.43 Å². The highest BCUT2D eigenvalue weighted by molar-refractivity contribution is 14.1. The number of carbonyl (C=O) groups is 1. The Morgan fingerprint density at radius 2 is 2.50 bits per heavy atom. The van der Waals surface area contributed by atoms with Gasteiger partial charge in [0.25, 0.3) is 5.91 Å². The molecule has 8 heavy (non-hydrogen) atoms. The van der Waals surface area contributed by atoms with Gasteiger partial charge in [-0.25, -0.2) is 3.11 Å². The Balaban J connectivity index is 2.70. The molecule has 1 heterocycles. The van der Waals surface area contributed by atoms with E-state index in [1.807, 2.05) is 22.9 Å². The number of nitrogens with one attached hydrogen (secondary N) is 1. The van der Waals surface area contributed by atoms with Crippen molar-refractivity contribution in [3.63, 3.8) is 0 Å². The molecule has 1 rings (SSSR count). The zero-order valence-corrected chi connectivity index (χ0v) is 6.82. The summed E-state index contributed by atoms with van der Waals surface area (Å²) < 4.78 is 1.40. The summed E-state index contributed by atoms with van der Waals surface area (Å²) in [7, 11) is 0. The van der Waals surface area contributed by atoms with Crippen LogP contribution in [0.25, 0.3) is 0 Å². The van der Waals surface area contributed by atoms with E-state index in [1.54, 1.807) is 0 Å². The van der Waals surface area contributed by atoms with Crippen molar-refractivity contribution in [1.29, 1.82) is 0 Å². The molecule has 3 nitrogen and oxygen atoms in total. The van der Waals surface area contributed by atoms with Crippen molar-refractivity contribution in [3.05, 3.63) is 0 Å². The van der Waals surface area contributed by atoms with Gasteiger partial charge in [-0.1, -0.05) is 0 Å². The van der Waals surface area contributed by atoms with Crippen molar-refractivity contribution in [2.45, 2.75) is 0 Å². The number of nitrogens with zero attached hydrogens (tertiary/aromatic N) is 1. The van der Waals surface area contributed by atoms with E-state index in [4.69, 9.17) is 12.2 Å². The van der Waals surface area contributed by atoms with E-state index in [1.165, 1.54) is 3.11 Å². The van der Waals surface area contributed by atoms with Gasteiger partial charge in [-0.2, -0.15) is 0 Å². The summed E-state index contributed by atoms with van der Waals surface area (Å²) in [6.45, 7) is 0.349. The van der Waals surface area contributed by atoms with Crippen LogP contribution in [-0.2, 0) is 4.79 Å². The average Bonchev–Trinajstić information content (AvgIpc) is 1.98. The van der Waals surface area contributed by atoms with E-state index in [0.717, 1.165) is 0 Å². The van der Waals surface area contributed by atoms with Crippen LogP contribution in [0.5, 0.6) is 0 Å². The first kappa shape index (κ1) is 6.21. The quantitative estimate of drug-likeness (QED) is 0.370. The Labute approximate surface area is 65.9 Å². The van der Waals surface area contributed by atoms with Gasteiger partial charge in [0.2, 0.25) is 0 Å². The van der Waals surface area contributed by atoms with Crippen LogP contribution in [-0.4, -0.2) is 20.7 Å². The first-order valence-electron chi connectivity index (χ1n) is 1.98. The number of hydrogen-bond acceptors (Lipinski definition) is 2. The lowest BCUT2D eigenvalue weighted by Gasteiger charge is -1.99. The molecular weight excluding hydrogens is 239 g/mol. The summed E-state index contributed by atoms with van der Waals surface area (Å²) in [6, 6.07) is 0. The molecule has 0 unspecified atom stereocenters. The van der Waals surface area contributed by atoms with Crippen molar-refractivity contribution >= 4 is 46.1 Å². The molecular formula is C3H3IN2OS. The Bertz CT molecular complexity index is 132. The Hall–Kier alpha value is 0.0900. The second-order valence-corrected chi connectivity index (χ2v) is 2.68. The third kappa shape index (κ3) is 0.921. The van der Waals surface area contributed by atoms with Crippen molar-refractivity contribution in [3.8, 4) is 0 Å². The lowest BCUT2D eigenvalue weighted by atomic mass is 10.7. The predicted octanol–water partition coefficient (Wildman–Crippen LogP) is 0.0531.